The molecule has 0 radical (unpaired) electrons. The largest absolute Gasteiger partial charge is 0.343 e. The first-order valence-corrected chi connectivity index (χ1v) is 6.08. The van der Waals surface area contributed by atoms with Crippen LogP contribution in [0.25, 0.3) is 0 Å². The molecule has 2 rings (SSSR count). The van der Waals surface area contributed by atoms with Crippen molar-refractivity contribution in [2.75, 3.05) is 20.1 Å². The fourth-order valence-electron chi connectivity index (χ4n) is 2.67. The van der Waals surface area contributed by atoms with E-state index >= 15 is 0 Å². The second-order valence-electron chi connectivity index (χ2n) is 5.25. The van der Waals surface area contributed by atoms with Gasteiger partial charge >= 0.3 is 0 Å². The third-order valence-electron chi connectivity index (χ3n) is 4.36. The lowest BCUT2D eigenvalue weighted by Gasteiger charge is -2.24. The van der Waals surface area contributed by atoms with E-state index in [4.69, 9.17) is 0 Å². The van der Waals surface area contributed by atoms with Gasteiger partial charge < -0.3 is 10.2 Å². The zero-order valence-corrected chi connectivity index (χ0v) is 11.3. The molecule has 1 amide bonds. The molecule has 4 heteroatoms. The maximum Gasteiger partial charge on any atom is 0.226 e. The molecule has 1 heterocycles. The number of hydrogen-bond donors (Lipinski definition) is 1. The normalized spacial score (nSPS) is 33.3. The summed E-state index contributed by atoms with van der Waals surface area (Å²) in [5.74, 6) is 0.680. The van der Waals surface area contributed by atoms with Crippen LogP contribution in [-0.2, 0) is 4.79 Å². The summed E-state index contributed by atoms with van der Waals surface area (Å²) in [5, 5.41) is 3.37. The van der Waals surface area contributed by atoms with Crippen LogP contribution in [0.4, 0.5) is 0 Å². The fraction of sp³-hybridized carbons (Fsp3) is 0.917. The molecule has 3 nitrogen and oxygen atoms in total. The number of nitrogens with zero attached hydrogens (tertiary/aromatic N) is 1. The van der Waals surface area contributed by atoms with Gasteiger partial charge in [0.15, 0.2) is 0 Å². The minimum absolute atomic E-state index is 0. The van der Waals surface area contributed by atoms with E-state index in [1.165, 1.54) is 6.42 Å². The van der Waals surface area contributed by atoms with E-state index in [9.17, 15) is 4.79 Å². The zero-order valence-electron chi connectivity index (χ0n) is 10.5. The molecular weight excluding hydrogens is 224 g/mol. The molecule has 1 aliphatic carbocycles. The molecule has 2 fully saturated rings. The van der Waals surface area contributed by atoms with Crippen LogP contribution in [-0.4, -0.2) is 37.0 Å². The van der Waals surface area contributed by atoms with E-state index in [1.54, 1.807) is 0 Å². The average Bonchev–Trinajstić information content (AvgIpc) is 2.73. The van der Waals surface area contributed by atoms with Crippen molar-refractivity contribution in [3.05, 3.63) is 0 Å². The Morgan fingerprint density at radius 3 is 2.81 bits per heavy atom. The van der Waals surface area contributed by atoms with Crippen molar-refractivity contribution in [1.29, 1.82) is 0 Å². The van der Waals surface area contributed by atoms with Crippen LogP contribution in [0, 0.1) is 11.3 Å². The Morgan fingerprint density at radius 2 is 2.31 bits per heavy atom. The second kappa shape index (κ2) is 4.92. The van der Waals surface area contributed by atoms with Crippen LogP contribution in [0.1, 0.15) is 33.1 Å². The minimum atomic E-state index is 0. The van der Waals surface area contributed by atoms with Crippen molar-refractivity contribution >= 4 is 18.3 Å². The summed E-state index contributed by atoms with van der Waals surface area (Å²) in [4.78, 5) is 14.1. The van der Waals surface area contributed by atoms with Crippen molar-refractivity contribution in [3.8, 4) is 0 Å². The second-order valence-corrected chi connectivity index (χ2v) is 5.25. The van der Waals surface area contributed by atoms with Crippen molar-refractivity contribution in [3.63, 3.8) is 0 Å². The predicted octanol–water partition coefficient (Wildman–Crippen LogP) is 1.66. The highest BCUT2D eigenvalue weighted by Gasteiger charge is 2.59. The summed E-state index contributed by atoms with van der Waals surface area (Å²) in [6.07, 6.45) is 3.34. The summed E-state index contributed by atoms with van der Waals surface area (Å²) >= 11 is 0. The molecule has 94 valence electrons. The molecule has 1 aliphatic heterocycles. The number of rotatable bonds is 3. The number of halogens is 1. The van der Waals surface area contributed by atoms with Crippen molar-refractivity contribution in [1.82, 2.24) is 10.2 Å². The number of amides is 1. The van der Waals surface area contributed by atoms with Crippen LogP contribution < -0.4 is 5.32 Å². The molecule has 1 saturated heterocycles. The molecule has 0 aromatic carbocycles. The first-order chi connectivity index (χ1) is 7.10. The van der Waals surface area contributed by atoms with Gasteiger partial charge in [-0.2, -0.15) is 0 Å². The van der Waals surface area contributed by atoms with Gasteiger partial charge in [-0.25, -0.2) is 0 Å². The molecule has 1 spiro atoms. The van der Waals surface area contributed by atoms with E-state index < -0.39 is 0 Å². The molecule has 1 N–H and O–H groups in total. The maximum atomic E-state index is 12.2. The first-order valence-electron chi connectivity index (χ1n) is 6.08. The molecule has 3 unspecified atom stereocenters. The van der Waals surface area contributed by atoms with Crippen molar-refractivity contribution < 1.29 is 4.79 Å². The SMILES string of the molecule is CCC(C)N(C)C(=O)C1CC12CCNC2.Cl. The lowest BCUT2D eigenvalue weighted by molar-refractivity contribution is -0.133. The van der Waals surface area contributed by atoms with Crippen LogP contribution in [0.5, 0.6) is 0 Å². The number of carbonyl (C=O) groups is 1. The van der Waals surface area contributed by atoms with Crippen LogP contribution >= 0.6 is 12.4 Å². The topological polar surface area (TPSA) is 32.3 Å². The van der Waals surface area contributed by atoms with Gasteiger partial charge in [0.05, 0.1) is 0 Å². The highest BCUT2D eigenvalue weighted by molar-refractivity contribution is 5.85. The quantitative estimate of drug-likeness (QED) is 0.822. The molecule has 16 heavy (non-hydrogen) atoms. The summed E-state index contributed by atoms with van der Waals surface area (Å²) in [6, 6.07) is 0.379. The highest BCUT2D eigenvalue weighted by Crippen LogP contribution is 2.57. The van der Waals surface area contributed by atoms with Gasteiger partial charge in [0, 0.05) is 25.6 Å². The summed E-state index contributed by atoms with van der Waals surface area (Å²) < 4.78 is 0. The van der Waals surface area contributed by atoms with E-state index in [-0.39, 0.29) is 12.4 Å². The molecule has 0 aromatic rings. The Labute approximate surface area is 104 Å². The monoisotopic (exact) mass is 246 g/mol. The van der Waals surface area contributed by atoms with Crippen LogP contribution in [0.3, 0.4) is 0 Å². The summed E-state index contributed by atoms with van der Waals surface area (Å²) in [5.41, 5.74) is 0.346. The number of nitrogens with one attached hydrogen (secondary N) is 1. The molecule has 0 aromatic heterocycles. The predicted molar refractivity (Wildman–Crippen MR) is 67.8 cm³/mol. The lowest BCUT2D eigenvalue weighted by atomic mass is 10.0. The molecule has 1 saturated carbocycles. The van der Waals surface area contributed by atoms with Gasteiger partial charge in [-0.05, 0) is 38.1 Å². The van der Waals surface area contributed by atoms with E-state index in [2.05, 4.69) is 19.2 Å². The van der Waals surface area contributed by atoms with Gasteiger partial charge in [-0.3, -0.25) is 4.79 Å². The van der Waals surface area contributed by atoms with Crippen molar-refractivity contribution in [2.24, 2.45) is 11.3 Å². The average molecular weight is 247 g/mol. The Bertz CT molecular complexity index is 264. The standard InChI is InChI=1S/C12H22N2O.ClH/c1-4-9(2)14(3)11(15)10-7-12(10)5-6-13-8-12;/h9-10,13H,4-8H2,1-3H3;1H. The molecule has 2 aliphatic rings. The molecule has 0 bridgehead atoms. The molecular formula is C12H23ClN2O. The van der Waals surface area contributed by atoms with Crippen LogP contribution in [0.2, 0.25) is 0 Å². The van der Waals surface area contributed by atoms with E-state index in [0.717, 1.165) is 25.9 Å². The van der Waals surface area contributed by atoms with Gasteiger partial charge in [-0.15, -0.1) is 12.4 Å². The van der Waals surface area contributed by atoms with Crippen molar-refractivity contribution in [2.45, 2.75) is 39.2 Å². The van der Waals surface area contributed by atoms with Gasteiger partial charge in [0.1, 0.15) is 0 Å². The van der Waals surface area contributed by atoms with Gasteiger partial charge in [0.25, 0.3) is 0 Å². The van der Waals surface area contributed by atoms with E-state index in [0.29, 0.717) is 23.3 Å². The zero-order chi connectivity index (χ0) is 11.1. The Hall–Kier alpha value is -0.280. The third-order valence-corrected chi connectivity index (χ3v) is 4.36. The van der Waals surface area contributed by atoms with Crippen LogP contribution in [0.15, 0.2) is 0 Å². The lowest BCUT2D eigenvalue weighted by Crippen LogP contribution is -2.37. The fourth-order valence-corrected chi connectivity index (χ4v) is 2.67. The third kappa shape index (κ3) is 2.21. The highest BCUT2D eigenvalue weighted by atomic mass is 35.5. The Kier molecular flexibility index (Phi) is 4.24. The number of hydrogen-bond acceptors (Lipinski definition) is 2. The molecule has 3 atom stereocenters. The Balaban J connectivity index is 0.00000128. The summed E-state index contributed by atoms with van der Waals surface area (Å²) in [7, 11) is 1.95. The van der Waals surface area contributed by atoms with Gasteiger partial charge in [-0.1, -0.05) is 6.92 Å². The van der Waals surface area contributed by atoms with Gasteiger partial charge in [0.2, 0.25) is 5.91 Å². The first kappa shape index (κ1) is 13.8. The Morgan fingerprint density at radius 1 is 1.62 bits per heavy atom. The number of carbonyl (C=O) groups excluding carboxylic acids is 1. The maximum absolute atomic E-state index is 12.2. The smallest absolute Gasteiger partial charge is 0.226 e. The summed E-state index contributed by atoms with van der Waals surface area (Å²) in [6.45, 7) is 6.41. The minimum Gasteiger partial charge on any atom is -0.343 e. The van der Waals surface area contributed by atoms with E-state index in [1.807, 2.05) is 11.9 Å².